The van der Waals surface area contributed by atoms with Crippen molar-refractivity contribution in [2.75, 3.05) is 18.0 Å². The van der Waals surface area contributed by atoms with E-state index in [1.54, 1.807) is 16.7 Å². The maximum absolute atomic E-state index is 12.6. The molecule has 0 fully saturated rings. The summed E-state index contributed by atoms with van der Waals surface area (Å²) in [4.78, 5) is 26.8. The van der Waals surface area contributed by atoms with Crippen LogP contribution in [0.4, 0.5) is 10.5 Å². The summed E-state index contributed by atoms with van der Waals surface area (Å²) < 4.78 is 0. The minimum atomic E-state index is -0.884. The van der Waals surface area contributed by atoms with Gasteiger partial charge in [0.1, 0.15) is 0 Å². The van der Waals surface area contributed by atoms with Crippen molar-refractivity contribution >= 4 is 17.7 Å². The van der Waals surface area contributed by atoms with Crippen LogP contribution in [0.5, 0.6) is 0 Å². The minimum absolute atomic E-state index is 0.0327. The van der Waals surface area contributed by atoms with Gasteiger partial charge in [-0.25, -0.2) is 4.79 Å². The predicted octanol–water partition coefficient (Wildman–Crippen LogP) is 2.35. The SMILES string of the molecule is CCN(C(=O)N1CCc2ccccc21)C(C)CC(=O)O. The first kappa shape index (κ1) is 14.4. The summed E-state index contributed by atoms with van der Waals surface area (Å²) in [7, 11) is 0. The number of carbonyl (C=O) groups excluding carboxylic acids is 1. The fourth-order valence-corrected chi connectivity index (χ4v) is 2.69. The summed E-state index contributed by atoms with van der Waals surface area (Å²) >= 11 is 0. The van der Waals surface area contributed by atoms with Crippen LogP contribution < -0.4 is 4.90 Å². The highest BCUT2D eigenvalue weighted by molar-refractivity contribution is 5.94. The first-order valence-electron chi connectivity index (χ1n) is 6.92. The van der Waals surface area contributed by atoms with Gasteiger partial charge >= 0.3 is 12.0 Å². The van der Waals surface area contributed by atoms with Gasteiger partial charge < -0.3 is 10.0 Å². The number of carboxylic acid groups (broad SMARTS) is 1. The molecule has 1 unspecified atom stereocenters. The van der Waals surface area contributed by atoms with Crippen LogP contribution in [0.1, 0.15) is 25.8 Å². The quantitative estimate of drug-likeness (QED) is 0.918. The van der Waals surface area contributed by atoms with Gasteiger partial charge in [-0.1, -0.05) is 18.2 Å². The number of para-hydroxylation sites is 1. The maximum Gasteiger partial charge on any atom is 0.324 e. The van der Waals surface area contributed by atoms with Gasteiger partial charge in [-0.3, -0.25) is 9.69 Å². The molecule has 1 aliphatic rings. The Morgan fingerprint density at radius 1 is 1.40 bits per heavy atom. The zero-order valence-electron chi connectivity index (χ0n) is 11.9. The Balaban J connectivity index is 2.16. The van der Waals surface area contributed by atoms with Crippen LogP contribution in [0.15, 0.2) is 24.3 Å². The molecule has 1 N–H and O–H groups in total. The highest BCUT2D eigenvalue weighted by Crippen LogP contribution is 2.28. The third kappa shape index (κ3) is 2.76. The number of nitrogens with zero attached hydrogens (tertiary/aromatic N) is 2. The van der Waals surface area contributed by atoms with E-state index >= 15 is 0 Å². The van der Waals surface area contributed by atoms with E-state index in [-0.39, 0.29) is 18.5 Å². The molecule has 1 heterocycles. The smallest absolute Gasteiger partial charge is 0.324 e. The van der Waals surface area contributed by atoms with E-state index in [2.05, 4.69) is 0 Å². The van der Waals surface area contributed by atoms with Crippen molar-refractivity contribution < 1.29 is 14.7 Å². The lowest BCUT2D eigenvalue weighted by Crippen LogP contribution is -2.47. The molecule has 0 saturated carbocycles. The van der Waals surface area contributed by atoms with Crippen LogP contribution >= 0.6 is 0 Å². The van der Waals surface area contributed by atoms with Crippen LogP contribution in [0.3, 0.4) is 0 Å². The lowest BCUT2D eigenvalue weighted by atomic mass is 10.2. The average molecular weight is 276 g/mol. The van der Waals surface area contributed by atoms with Crippen molar-refractivity contribution in [3.05, 3.63) is 29.8 Å². The van der Waals surface area contributed by atoms with Crippen LogP contribution in [-0.4, -0.2) is 41.1 Å². The number of aliphatic carboxylic acids is 1. The van der Waals surface area contributed by atoms with Crippen LogP contribution in [0.2, 0.25) is 0 Å². The first-order chi connectivity index (χ1) is 9.54. The second-order valence-electron chi connectivity index (χ2n) is 5.05. The van der Waals surface area contributed by atoms with Crippen molar-refractivity contribution in [2.24, 2.45) is 0 Å². The molecule has 2 rings (SSSR count). The number of anilines is 1. The highest BCUT2D eigenvalue weighted by Gasteiger charge is 2.30. The number of fused-ring (bicyclic) bond motifs is 1. The zero-order valence-corrected chi connectivity index (χ0v) is 11.9. The summed E-state index contributed by atoms with van der Waals surface area (Å²) in [5, 5.41) is 8.88. The molecule has 1 aromatic rings. The number of amides is 2. The molecular formula is C15H20N2O3. The third-order valence-electron chi connectivity index (χ3n) is 3.71. The molecular weight excluding hydrogens is 256 g/mol. The molecule has 1 aliphatic heterocycles. The molecule has 2 amide bonds. The Morgan fingerprint density at radius 3 is 2.75 bits per heavy atom. The standard InChI is InChI=1S/C15H20N2O3/c1-3-16(11(2)10-14(18)19)15(20)17-9-8-12-6-4-5-7-13(12)17/h4-7,11H,3,8-10H2,1-2H3,(H,18,19). The van der Waals surface area contributed by atoms with Gasteiger partial charge in [-0.05, 0) is 31.9 Å². The Bertz CT molecular complexity index is 516. The number of carbonyl (C=O) groups is 2. The van der Waals surface area contributed by atoms with E-state index in [0.717, 1.165) is 12.1 Å². The highest BCUT2D eigenvalue weighted by atomic mass is 16.4. The van der Waals surface area contributed by atoms with Gasteiger partial charge in [0.15, 0.2) is 0 Å². The molecule has 1 atom stereocenters. The fraction of sp³-hybridized carbons (Fsp3) is 0.467. The molecule has 0 aliphatic carbocycles. The zero-order chi connectivity index (χ0) is 14.7. The maximum atomic E-state index is 12.6. The van der Waals surface area contributed by atoms with Crippen molar-refractivity contribution in [3.63, 3.8) is 0 Å². The van der Waals surface area contributed by atoms with E-state index < -0.39 is 5.97 Å². The normalized spacial score (nSPS) is 14.8. The van der Waals surface area contributed by atoms with Crippen molar-refractivity contribution in [2.45, 2.75) is 32.7 Å². The molecule has 0 aromatic heterocycles. The molecule has 0 bridgehead atoms. The molecule has 0 saturated heterocycles. The molecule has 20 heavy (non-hydrogen) atoms. The number of urea groups is 1. The third-order valence-corrected chi connectivity index (χ3v) is 3.71. The van der Waals surface area contributed by atoms with Gasteiger partial charge in [-0.15, -0.1) is 0 Å². The lowest BCUT2D eigenvalue weighted by Gasteiger charge is -2.31. The van der Waals surface area contributed by atoms with E-state index in [1.807, 2.05) is 31.2 Å². The van der Waals surface area contributed by atoms with Gasteiger partial charge in [0.05, 0.1) is 6.42 Å². The summed E-state index contributed by atoms with van der Waals surface area (Å²) in [5.41, 5.74) is 2.11. The van der Waals surface area contributed by atoms with E-state index in [4.69, 9.17) is 5.11 Å². The van der Waals surface area contributed by atoms with Gasteiger partial charge in [0.2, 0.25) is 0 Å². The van der Waals surface area contributed by atoms with Crippen molar-refractivity contribution in [3.8, 4) is 0 Å². The Hall–Kier alpha value is -2.04. The molecule has 5 heteroatoms. The second kappa shape index (κ2) is 5.94. The average Bonchev–Trinajstić information content (AvgIpc) is 2.82. The number of rotatable bonds is 4. The van der Waals surface area contributed by atoms with Crippen LogP contribution in [0, 0.1) is 0 Å². The number of carboxylic acids is 1. The summed E-state index contributed by atoms with van der Waals surface area (Å²) in [5.74, 6) is -0.884. The summed E-state index contributed by atoms with van der Waals surface area (Å²) in [6.07, 6.45) is 0.821. The van der Waals surface area contributed by atoms with Crippen LogP contribution in [-0.2, 0) is 11.2 Å². The Labute approximate surface area is 118 Å². The van der Waals surface area contributed by atoms with Gasteiger partial charge in [-0.2, -0.15) is 0 Å². The van der Waals surface area contributed by atoms with Crippen molar-refractivity contribution in [1.82, 2.24) is 4.90 Å². The number of benzene rings is 1. The van der Waals surface area contributed by atoms with E-state index in [1.165, 1.54) is 5.56 Å². The topological polar surface area (TPSA) is 60.9 Å². The molecule has 0 radical (unpaired) electrons. The Kier molecular flexibility index (Phi) is 4.27. The molecule has 5 nitrogen and oxygen atoms in total. The number of hydrogen-bond donors (Lipinski definition) is 1. The summed E-state index contributed by atoms with van der Waals surface area (Å²) in [6, 6.07) is 7.44. The predicted molar refractivity (Wildman–Crippen MR) is 77.0 cm³/mol. The van der Waals surface area contributed by atoms with Gasteiger partial charge in [0, 0.05) is 24.8 Å². The second-order valence-corrected chi connectivity index (χ2v) is 5.05. The van der Waals surface area contributed by atoms with Gasteiger partial charge in [0.25, 0.3) is 0 Å². The van der Waals surface area contributed by atoms with E-state index in [9.17, 15) is 9.59 Å². The largest absolute Gasteiger partial charge is 0.481 e. The molecule has 0 spiro atoms. The fourth-order valence-electron chi connectivity index (χ4n) is 2.69. The molecule has 1 aromatic carbocycles. The molecule has 108 valence electrons. The minimum Gasteiger partial charge on any atom is -0.481 e. The monoisotopic (exact) mass is 276 g/mol. The van der Waals surface area contributed by atoms with Crippen LogP contribution in [0.25, 0.3) is 0 Å². The van der Waals surface area contributed by atoms with E-state index in [0.29, 0.717) is 13.1 Å². The summed E-state index contributed by atoms with van der Waals surface area (Å²) in [6.45, 7) is 4.82. The van der Waals surface area contributed by atoms with Crippen molar-refractivity contribution in [1.29, 1.82) is 0 Å². The Morgan fingerprint density at radius 2 is 2.10 bits per heavy atom. The lowest BCUT2D eigenvalue weighted by molar-refractivity contribution is -0.138. The first-order valence-corrected chi connectivity index (χ1v) is 6.92. The number of hydrogen-bond acceptors (Lipinski definition) is 2.